The molecule has 0 fully saturated rings. The first-order valence-corrected chi connectivity index (χ1v) is 14.5. The lowest BCUT2D eigenvalue weighted by atomic mass is 9.83. The number of nitrogens with zero attached hydrogens (tertiary/aromatic N) is 3. The second-order valence-corrected chi connectivity index (χ2v) is 11.0. The average molecular weight is 565 g/mol. The lowest BCUT2D eigenvalue weighted by Gasteiger charge is -2.26. The normalized spacial score (nSPS) is 15.7. The molecule has 1 aliphatic heterocycles. The molecule has 4 N–H and O–H groups in total. The van der Waals surface area contributed by atoms with Crippen LogP contribution in [0.3, 0.4) is 0 Å². The number of pyridine rings is 2. The predicted octanol–water partition coefficient (Wildman–Crippen LogP) is 6.05. The van der Waals surface area contributed by atoms with Gasteiger partial charge < -0.3 is 21.1 Å². The fourth-order valence-electron chi connectivity index (χ4n) is 5.67. The number of nitrogen functional groups attached to an aromatic ring is 1. The molecule has 0 bridgehead atoms. The number of hydrogen-bond acceptors (Lipinski definition) is 7. The van der Waals surface area contributed by atoms with Crippen molar-refractivity contribution in [3.05, 3.63) is 107 Å². The summed E-state index contributed by atoms with van der Waals surface area (Å²) >= 11 is 0. The standard InChI is InChI=1S/C34H40N6O2/c1-5-27-20-40(21-31-32(42-27)9-7-15-38-31)19-25-16-24(11-10-22(25)2)29(17-33(41)39-26-8-6-14-37-18-26)28-12-13-30(36-4)34(35)23(28)3/h6-16,18,27,29,36H,5,17,19-21,35H2,1-4H3,(H,39,41)/t27-,29+/m1/s1. The minimum Gasteiger partial charge on any atom is -0.487 e. The minimum atomic E-state index is -0.188. The number of aromatic nitrogens is 2. The zero-order chi connectivity index (χ0) is 29.6. The first-order chi connectivity index (χ1) is 20.4. The SMILES string of the molecule is CC[C@@H]1CN(Cc2cc([C@H](CC(=O)Nc3cccnc3)c3ccc(NC)c(N)c3C)ccc2C)Cc2ncccc2O1. The Kier molecular flexibility index (Phi) is 9.03. The summed E-state index contributed by atoms with van der Waals surface area (Å²) in [4.78, 5) is 24.5. The van der Waals surface area contributed by atoms with Crippen LogP contribution in [-0.2, 0) is 17.9 Å². The van der Waals surface area contributed by atoms with Gasteiger partial charge in [0.2, 0.25) is 5.91 Å². The van der Waals surface area contributed by atoms with Gasteiger partial charge in [0.1, 0.15) is 11.9 Å². The van der Waals surface area contributed by atoms with Gasteiger partial charge in [-0.25, -0.2) is 0 Å². The van der Waals surface area contributed by atoms with E-state index < -0.39 is 0 Å². The van der Waals surface area contributed by atoms with Crippen molar-refractivity contribution in [2.75, 3.05) is 30.0 Å². The monoisotopic (exact) mass is 564 g/mol. The molecular weight excluding hydrogens is 524 g/mol. The van der Waals surface area contributed by atoms with Crippen molar-refractivity contribution in [1.29, 1.82) is 0 Å². The highest BCUT2D eigenvalue weighted by atomic mass is 16.5. The van der Waals surface area contributed by atoms with E-state index in [-0.39, 0.29) is 24.3 Å². The zero-order valence-corrected chi connectivity index (χ0v) is 24.9. The van der Waals surface area contributed by atoms with Gasteiger partial charge in [-0.05, 0) is 78.4 Å². The van der Waals surface area contributed by atoms with Crippen molar-refractivity contribution in [3.8, 4) is 5.75 Å². The van der Waals surface area contributed by atoms with Gasteiger partial charge >= 0.3 is 0 Å². The van der Waals surface area contributed by atoms with Crippen LogP contribution in [0.25, 0.3) is 0 Å². The Hall–Kier alpha value is -4.43. The van der Waals surface area contributed by atoms with E-state index in [0.717, 1.165) is 53.3 Å². The van der Waals surface area contributed by atoms with Crippen molar-refractivity contribution >= 4 is 23.0 Å². The van der Waals surface area contributed by atoms with Crippen molar-refractivity contribution in [2.45, 2.75) is 58.7 Å². The number of nitrogens with two attached hydrogens (primary N) is 1. The molecule has 1 amide bonds. The quantitative estimate of drug-likeness (QED) is 0.213. The molecule has 0 saturated heterocycles. The maximum absolute atomic E-state index is 13.4. The van der Waals surface area contributed by atoms with E-state index in [1.807, 2.05) is 50.5 Å². The molecule has 0 aliphatic carbocycles. The highest BCUT2D eigenvalue weighted by Crippen LogP contribution is 2.37. The Labute approximate surface area is 248 Å². The third-order valence-corrected chi connectivity index (χ3v) is 8.14. The molecule has 2 aromatic carbocycles. The average Bonchev–Trinajstić information content (AvgIpc) is 3.18. The number of nitrogens with one attached hydrogen (secondary N) is 2. The Bertz CT molecular complexity index is 1540. The molecular formula is C34H40N6O2. The number of carbonyl (C=O) groups is 1. The summed E-state index contributed by atoms with van der Waals surface area (Å²) in [6, 6.07) is 18.2. The van der Waals surface area contributed by atoms with Gasteiger partial charge in [-0.1, -0.05) is 31.2 Å². The van der Waals surface area contributed by atoms with Gasteiger partial charge in [-0.2, -0.15) is 0 Å². The van der Waals surface area contributed by atoms with E-state index in [1.165, 1.54) is 11.1 Å². The maximum atomic E-state index is 13.4. The Morgan fingerprint density at radius 1 is 1.14 bits per heavy atom. The Balaban J connectivity index is 1.48. The third-order valence-electron chi connectivity index (χ3n) is 8.14. The first-order valence-electron chi connectivity index (χ1n) is 14.5. The van der Waals surface area contributed by atoms with Crippen LogP contribution in [0.1, 0.15) is 59.2 Å². The molecule has 8 nitrogen and oxygen atoms in total. The predicted molar refractivity (Wildman–Crippen MR) is 169 cm³/mol. The number of anilines is 3. The third kappa shape index (κ3) is 6.55. The summed E-state index contributed by atoms with van der Waals surface area (Å²) in [5, 5.41) is 6.18. The van der Waals surface area contributed by atoms with Gasteiger partial charge in [-0.15, -0.1) is 0 Å². The fraction of sp³-hybridized carbons (Fsp3) is 0.324. The van der Waals surface area contributed by atoms with Crippen LogP contribution in [-0.4, -0.2) is 40.5 Å². The first kappa shape index (κ1) is 29.1. The largest absolute Gasteiger partial charge is 0.487 e. The maximum Gasteiger partial charge on any atom is 0.225 e. The summed E-state index contributed by atoms with van der Waals surface area (Å²) in [7, 11) is 1.86. The van der Waals surface area contributed by atoms with Gasteiger partial charge in [0.05, 0.1) is 29.0 Å². The molecule has 3 heterocycles. The van der Waals surface area contributed by atoms with Crippen LogP contribution in [0, 0.1) is 13.8 Å². The minimum absolute atomic E-state index is 0.0797. The molecule has 218 valence electrons. The number of rotatable bonds is 9. The molecule has 2 atom stereocenters. The lowest BCUT2D eigenvalue weighted by Crippen LogP contribution is -2.32. The molecule has 0 radical (unpaired) electrons. The number of benzene rings is 2. The van der Waals surface area contributed by atoms with Crippen LogP contribution in [0.15, 0.2) is 73.2 Å². The van der Waals surface area contributed by atoms with E-state index in [1.54, 1.807) is 12.4 Å². The van der Waals surface area contributed by atoms with E-state index in [2.05, 4.69) is 63.6 Å². The number of aryl methyl sites for hydroxylation is 1. The zero-order valence-electron chi connectivity index (χ0n) is 24.9. The molecule has 1 aliphatic rings. The topological polar surface area (TPSA) is 105 Å². The van der Waals surface area contributed by atoms with Crippen LogP contribution in [0.4, 0.5) is 17.1 Å². The fourth-order valence-corrected chi connectivity index (χ4v) is 5.67. The van der Waals surface area contributed by atoms with E-state index >= 15 is 0 Å². The lowest BCUT2D eigenvalue weighted by molar-refractivity contribution is -0.116. The summed E-state index contributed by atoms with van der Waals surface area (Å²) in [5.41, 5.74) is 15.2. The highest BCUT2D eigenvalue weighted by molar-refractivity contribution is 5.91. The summed E-state index contributed by atoms with van der Waals surface area (Å²) in [6.07, 6.45) is 6.45. The number of fused-ring (bicyclic) bond motifs is 1. The van der Waals surface area contributed by atoms with Crippen molar-refractivity contribution < 1.29 is 9.53 Å². The molecule has 5 rings (SSSR count). The molecule has 2 aromatic heterocycles. The molecule has 0 unspecified atom stereocenters. The Morgan fingerprint density at radius 2 is 1.98 bits per heavy atom. The number of carbonyl (C=O) groups excluding carboxylic acids is 1. The molecule has 0 saturated carbocycles. The Morgan fingerprint density at radius 3 is 2.74 bits per heavy atom. The smallest absolute Gasteiger partial charge is 0.225 e. The van der Waals surface area contributed by atoms with Gasteiger partial charge in [0, 0.05) is 51.4 Å². The van der Waals surface area contributed by atoms with Gasteiger partial charge in [0.15, 0.2) is 0 Å². The van der Waals surface area contributed by atoms with Crippen LogP contribution in [0.5, 0.6) is 5.75 Å². The number of hydrogen-bond donors (Lipinski definition) is 3. The number of amides is 1. The van der Waals surface area contributed by atoms with E-state index in [0.29, 0.717) is 17.9 Å². The highest BCUT2D eigenvalue weighted by Gasteiger charge is 2.25. The van der Waals surface area contributed by atoms with E-state index in [4.69, 9.17) is 10.5 Å². The van der Waals surface area contributed by atoms with E-state index in [9.17, 15) is 4.79 Å². The molecule has 4 aromatic rings. The van der Waals surface area contributed by atoms with Crippen molar-refractivity contribution in [2.24, 2.45) is 0 Å². The van der Waals surface area contributed by atoms with Crippen LogP contribution >= 0.6 is 0 Å². The second kappa shape index (κ2) is 13.0. The second-order valence-electron chi connectivity index (χ2n) is 11.0. The van der Waals surface area contributed by atoms with Crippen LogP contribution in [0.2, 0.25) is 0 Å². The van der Waals surface area contributed by atoms with Crippen LogP contribution < -0.4 is 21.1 Å². The molecule has 0 spiro atoms. The summed E-state index contributed by atoms with van der Waals surface area (Å²) in [6.45, 7) is 8.61. The summed E-state index contributed by atoms with van der Waals surface area (Å²) in [5.74, 6) is 0.603. The van der Waals surface area contributed by atoms with Gasteiger partial charge in [0.25, 0.3) is 0 Å². The van der Waals surface area contributed by atoms with Gasteiger partial charge in [-0.3, -0.25) is 19.7 Å². The van der Waals surface area contributed by atoms with Crippen molar-refractivity contribution in [3.63, 3.8) is 0 Å². The van der Waals surface area contributed by atoms with Crippen molar-refractivity contribution in [1.82, 2.24) is 14.9 Å². The number of ether oxygens (including phenoxy) is 1. The molecule has 8 heteroatoms. The summed E-state index contributed by atoms with van der Waals surface area (Å²) < 4.78 is 6.29. The molecule has 42 heavy (non-hydrogen) atoms.